The van der Waals surface area contributed by atoms with Crippen molar-refractivity contribution in [2.45, 2.75) is 32.2 Å². The van der Waals surface area contributed by atoms with Crippen molar-refractivity contribution >= 4 is 35.6 Å². The van der Waals surface area contributed by atoms with Gasteiger partial charge in [-0.25, -0.2) is 9.98 Å². The van der Waals surface area contributed by atoms with Crippen molar-refractivity contribution in [1.82, 2.24) is 4.98 Å². The van der Waals surface area contributed by atoms with E-state index < -0.39 is 0 Å². The molecule has 0 radical (unpaired) electrons. The Morgan fingerprint density at radius 1 is 1.25 bits per heavy atom. The van der Waals surface area contributed by atoms with E-state index in [2.05, 4.69) is 33.5 Å². The highest BCUT2D eigenvalue weighted by atomic mass is 127. The fourth-order valence-electron chi connectivity index (χ4n) is 2.88. The molecule has 1 aromatic heterocycles. The zero-order chi connectivity index (χ0) is 16.1. The molecule has 1 aromatic carbocycles. The normalized spacial score (nSPS) is 13.6. The second-order valence-electron chi connectivity index (χ2n) is 5.69. The molecule has 0 bridgehead atoms. The fraction of sp³-hybridized carbons (Fsp3) is 0.333. The summed E-state index contributed by atoms with van der Waals surface area (Å²) in [5.41, 5.74) is 10.9. The maximum Gasteiger partial charge on any atom is 0.212 e. The van der Waals surface area contributed by atoms with Crippen molar-refractivity contribution in [1.29, 1.82) is 0 Å². The molecule has 0 saturated carbocycles. The molecule has 128 valence electrons. The summed E-state index contributed by atoms with van der Waals surface area (Å²) >= 11 is 0. The molecular formula is C18H23IN4O. The van der Waals surface area contributed by atoms with Gasteiger partial charge in [-0.2, -0.15) is 0 Å². The molecule has 0 spiro atoms. The number of hydrogen-bond donors (Lipinski definition) is 2. The number of fused-ring (bicyclic) bond motifs is 1. The predicted octanol–water partition coefficient (Wildman–Crippen LogP) is 3.51. The summed E-state index contributed by atoms with van der Waals surface area (Å²) in [6, 6.07) is 10.1. The molecule has 5 nitrogen and oxygen atoms in total. The van der Waals surface area contributed by atoms with Gasteiger partial charge in [0.25, 0.3) is 0 Å². The molecule has 1 aliphatic carbocycles. The number of nitrogens with one attached hydrogen (secondary N) is 1. The molecule has 0 unspecified atom stereocenters. The number of guanidine groups is 1. The number of pyridine rings is 1. The lowest BCUT2D eigenvalue weighted by Crippen LogP contribution is -2.24. The summed E-state index contributed by atoms with van der Waals surface area (Å²) in [4.78, 5) is 8.56. The molecular weight excluding hydrogens is 415 g/mol. The van der Waals surface area contributed by atoms with Crippen LogP contribution in [0.3, 0.4) is 0 Å². The topological polar surface area (TPSA) is 72.5 Å². The summed E-state index contributed by atoms with van der Waals surface area (Å²) in [6.45, 7) is 0.491. The molecule has 0 fully saturated rings. The molecule has 1 heterocycles. The smallest absolute Gasteiger partial charge is 0.212 e. The van der Waals surface area contributed by atoms with Crippen molar-refractivity contribution in [3.63, 3.8) is 0 Å². The molecule has 6 heteroatoms. The van der Waals surface area contributed by atoms with Crippen molar-refractivity contribution in [3.05, 3.63) is 53.2 Å². The third-order valence-corrected chi connectivity index (χ3v) is 4.10. The van der Waals surface area contributed by atoms with Crippen LogP contribution in [0.2, 0.25) is 0 Å². The minimum absolute atomic E-state index is 0. The Kier molecular flexibility index (Phi) is 6.84. The lowest BCUT2D eigenvalue weighted by molar-refractivity contribution is 0.397. The van der Waals surface area contributed by atoms with Crippen LogP contribution in [0, 0.1) is 0 Å². The van der Waals surface area contributed by atoms with Crippen LogP contribution >= 0.6 is 24.0 Å². The molecule has 0 amide bonds. The summed E-state index contributed by atoms with van der Waals surface area (Å²) < 4.78 is 5.04. The van der Waals surface area contributed by atoms with Crippen LogP contribution in [0.5, 0.6) is 5.88 Å². The van der Waals surface area contributed by atoms with Gasteiger partial charge in [-0.05, 0) is 48.4 Å². The quantitative estimate of drug-likeness (QED) is 0.436. The Morgan fingerprint density at radius 3 is 2.83 bits per heavy atom. The number of nitrogens with two attached hydrogens (primary N) is 1. The first-order chi connectivity index (χ1) is 11.3. The van der Waals surface area contributed by atoms with Gasteiger partial charge in [0.05, 0.1) is 13.7 Å². The van der Waals surface area contributed by atoms with Crippen LogP contribution in [0.1, 0.15) is 29.5 Å². The Balaban J connectivity index is 0.00000208. The number of aliphatic imine (C=N–C) groups is 1. The van der Waals surface area contributed by atoms with Crippen LogP contribution in [0.25, 0.3) is 0 Å². The van der Waals surface area contributed by atoms with Crippen LogP contribution < -0.4 is 15.8 Å². The Morgan fingerprint density at radius 2 is 2.08 bits per heavy atom. The van der Waals surface area contributed by atoms with Crippen molar-refractivity contribution in [2.24, 2.45) is 10.7 Å². The molecule has 24 heavy (non-hydrogen) atoms. The predicted molar refractivity (Wildman–Crippen MR) is 108 cm³/mol. The van der Waals surface area contributed by atoms with Crippen LogP contribution in [-0.4, -0.2) is 18.1 Å². The number of nitrogens with zero attached hydrogens (tertiary/aromatic N) is 2. The highest BCUT2D eigenvalue weighted by molar-refractivity contribution is 14.0. The Hall–Kier alpha value is -1.83. The number of methoxy groups -OCH3 is 1. The van der Waals surface area contributed by atoms with E-state index in [4.69, 9.17) is 10.5 Å². The minimum Gasteiger partial charge on any atom is -0.481 e. The van der Waals surface area contributed by atoms with Gasteiger partial charge in [0.1, 0.15) is 0 Å². The van der Waals surface area contributed by atoms with Crippen molar-refractivity contribution in [2.75, 3.05) is 12.4 Å². The molecule has 0 saturated heterocycles. The van der Waals surface area contributed by atoms with E-state index in [9.17, 15) is 0 Å². The van der Waals surface area contributed by atoms with Crippen LogP contribution in [0.4, 0.5) is 5.69 Å². The van der Waals surface area contributed by atoms with Gasteiger partial charge in [0.15, 0.2) is 5.96 Å². The van der Waals surface area contributed by atoms with E-state index in [0.29, 0.717) is 18.4 Å². The van der Waals surface area contributed by atoms with E-state index in [0.717, 1.165) is 24.1 Å². The van der Waals surface area contributed by atoms with Gasteiger partial charge in [0, 0.05) is 18.0 Å². The highest BCUT2D eigenvalue weighted by Gasteiger charge is 2.13. The first kappa shape index (κ1) is 18.5. The number of halogens is 1. The zero-order valence-corrected chi connectivity index (χ0v) is 16.1. The summed E-state index contributed by atoms with van der Waals surface area (Å²) in [6.07, 6.45) is 6.51. The maximum atomic E-state index is 6.04. The SMILES string of the molecule is COc1ccc(CN=C(N)Nc2cccc3c2CCCC3)cn1.I. The number of benzene rings is 1. The van der Waals surface area contributed by atoms with Crippen molar-refractivity contribution < 1.29 is 4.74 Å². The number of rotatable bonds is 4. The molecule has 2 aromatic rings. The monoisotopic (exact) mass is 438 g/mol. The highest BCUT2D eigenvalue weighted by Crippen LogP contribution is 2.27. The summed E-state index contributed by atoms with van der Waals surface area (Å²) in [7, 11) is 1.60. The van der Waals surface area contributed by atoms with Gasteiger partial charge in [-0.3, -0.25) is 0 Å². The molecule has 3 rings (SSSR count). The van der Waals surface area contributed by atoms with Crippen LogP contribution in [-0.2, 0) is 19.4 Å². The Bertz CT molecular complexity index is 701. The fourth-order valence-corrected chi connectivity index (χ4v) is 2.88. The minimum atomic E-state index is 0. The standard InChI is InChI=1S/C18H22N4O.HI/c1-23-17-10-9-13(11-20-17)12-21-18(19)22-16-8-4-6-14-5-2-3-7-15(14)16;/h4,6,8-11H,2-3,5,7,12H2,1H3,(H3,19,21,22);1H. The van der Waals surface area contributed by atoms with E-state index in [1.165, 1.54) is 24.0 Å². The second kappa shape index (κ2) is 8.86. The lowest BCUT2D eigenvalue weighted by Gasteiger charge is -2.19. The maximum absolute atomic E-state index is 6.04. The number of aromatic nitrogens is 1. The van der Waals surface area contributed by atoms with Gasteiger partial charge < -0.3 is 15.8 Å². The van der Waals surface area contributed by atoms with E-state index in [1.54, 1.807) is 13.3 Å². The third-order valence-electron chi connectivity index (χ3n) is 4.10. The summed E-state index contributed by atoms with van der Waals surface area (Å²) in [5, 5.41) is 3.25. The zero-order valence-electron chi connectivity index (χ0n) is 13.8. The van der Waals surface area contributed by atoms with Crippen molar-refractivity contribution in [3.8, 4) is 5.88 Å². The molecule has 0 aliphatic heterocycles. The number of anilines is 1. The van der Waals surface area contributed by atoms with Gasteiger partial charge >= 0.3 is 0 Å². The second-order valence-corrected chi connectivity index (χ2v) is 5.69. The van der Waals surface area contributed by atoms with E-state index in [1.807, 2.05) is 12.1 Å². The third kappa shape index (κ3) is 4.59. The van der Waals surface area contributed by atoms with Gasteiger partial charge in [0.2, 0.25) is 5.88 Å². The number of hydrogen-bond acceptors (Lipinski definition) is 3. The van der Waals surface area contributed by atoms with E-state index in [-0.39, 0.29) is 24.0 Å². The van der Waals surface area contributed by atoms with E-state index >= 15 is 0 Å². The van der Waals surface area contributed by atoms with Crippen LogP contribution in [0.15, 0.2) is 41.5 Å². The molecule has 1 aliphatic rings. The van der Waals surface area contributed by atoms with Gasteiger partial charge in [-0.15, -0.1) is 24.0 Å². The lowest BCUT2D eigenvalue weighted by atomic mass is 9.90. The first-order valence-electron chi connectivity index (χ1n) is 7.93. The van der Waals surface area contributed by atoms with Gasteiger partial charge in [-0.1, -0.05) is 18.2 Å². The molecule has 3 N–H and O–H groups in total. The Labute approximate surface area is 159 Å². The largest absolute Gasteiger partial charge is 0.481 e. The summed E-state index contributed by atoms with van der Waals surface area (Å²) in [5.74, 6) is 1.03. The average Bonchev–Trinajstić information content (AvgIpc) is 2.61. The average molecular weight is 438 g/mol. The first-order valence-corrected chi connectivity index (χ1v) is 7.93. The number of ether oxygens (including phenoxy) is 1. The number of aryl methyl sites for hydroxylation is 1. The molecule has 0 atom stereocenters.